The average molecular weight is 351 g/mol. The largest absolute Gasteiger partial charge is 0.475 e. The van der Waals surface area contributed by atoms with Crippen LogP contribution in [0.25, 0.3) is 0 Å². The number of carboxylic acid groups (broad SMARTS) is 1. The van der Waals surface area contributed by atoms with Crippen molar-refractivity contribution in [1.82, 2.24) is 0 Å². The molecule has 0 saturated heterocycles. The van der Waals surface area contributed by atoms with Crippen LogP contribution in [0.2, 0.25) is 10.0 Å². The molecule has 0 bridgehead atoms. The average Bonchev–Trinajstić information content (AvgIpc) is 2.51. The number of carboxylic acids is 1. The van der Waals surface area contributed by atoms with Gasteiger partial charge in [0.1, 0.15) is 0 Å². The zero-order valence-electron chi connectivity index (χ0n) is 11.9. The second kappa shape index (κ2) is 7.40. The van der Waals surface area contributed by atoms with Crippen LogP contribution in [0.4, 0.5) is 0 Å². The molecular weight excluding hydrogens is 339 g/mol. The number of benzene rings is 2. The molecule has 0 heterocycles. The number of aliphatic carboxylic acids is 1. The Kier molecular flexibility index (Phi) is 5.53. The lowest BCUT2D eigenvalue weighted by Crippen LogP contribution is -2.17. The van der Waals surface area contributed by atoms with Gasteiger partial charge in [-0.1, -0.05) is 53.5 Å². The van der Waals surface area contributed by atoms with Crippen LogP contribution in [0.3, 0.4) is 0 Å². The number of halogens is 2. The Morgan fingerprint density at radius 2 is 1.48 bits per heavy atom. The summed E-state index contributed by atoms with van der Waals surface area (Å²) < 4.78 is 0. The second-order valence-corrected chi connectivity index (χ2v) is 5.76. The predicted molar refractivity (Wildman–Crippen MR) is 87.3 cm³/mol. The highest BCUT2D eigenvalue weighted by molar-refractivity contribution is 6.42. The first-order chi connectivity index (χ1) is 10.9. The van der Waals surface area contributed by atoms with Crippen LogP contribution in [0.5, 0.6) is 0 Å². The van der Waals surface area contributed by atoms with E-state index < -0.39 is 24.0 Å². The Labute approximate surface area is 142 Å². The summed E-state index contributed by atoms with van der Waals surface area (Å²) in [7, 11) is 0. The normalized spacial score (nSPS) is 10.3. The molecule has 2 rings (SSSR count). The maximum Gasteiger partial charge on any atom is 0.372 e. The number of Topliss-reactive ketones (excluding diaryl/α,β-unsaturated/α-hetero) is 2. The van der Waals surface area contributed by atoms with Crippen LogP contribution in [0.15, 0.2) is 42.5 Å². The van der Waals surface area contributed by atoms with E-state index in [1.807, 2.05) is 6.07 Å². The van der Waals surface area contributed by atoms with Gasteiger partial charge in [-0.15, -0.1) is 0 Å². The quantitative estimate of drug-likeness (QED) is 0.488. The third kappa shape index (κ3) is 4.65. The molecule has 23 heavy (non-hydrogen) atoms. The van der Waals surface area contributed by atoms with E-state index in [-0.39, 0.29) is 0 Å². The predicted octanol–water partition coefficient (Wildman–Crippen LogP) is 3.81. The smallest absolute Gasteiger partial charge is 0.372 e. The third-order valence-corrected chi connectivity index (χ3v) is 3.97. The van der Waals surface area contributed by atoms with Gasteiger partial charge in [0.15, 0.2) is 5.78 Å². The van der Waals surface area contributed by atoms with E-state index in [1.165, 1.54) is 0 Å². The van der Waals surface area contributed by atoms with Crippen molar-refractivity contribution in [2.75, 3.05) is 0 Å². The number of ketones is 2. The fraction of sp³-hybridized carbons (Fsp3) is 0.118. The van der Waals surface area contributed by atoms with Gasteiger partial charge in [0.25, 0.3) is 0 Å². The molecule has 0 aliphatic rings. The standard InChI is InChI=1S/C17H12Cl2O4/c18-13-6-3-11(8-14(13)19)7-10-1-4-12(5-2-10)15(20)9-16(21)17(22)23/h1-6,8H,7,9H2,(H,22,23). The Balaban J connectivity index is 2.07. The molecule has 6 heteroatoms. The minimum absolute atomic E-state index is 0.303. The van der Waals surface area contributed by atoms with Gasteiger partial charge in [-0.3, -0.25) is 9.59 Å². The topological polar surface area (TPSA) is 71.4 Å². The Morgan fingerprint density at radius 1 is 0.870 bits per heavy atom. The van der Waals surface area contributed by atoms with E-state index in [2.05, 4.69) is 0 Å². The first-order valence-corrected chi connectivity index (χ1v) is 7.44. The first kappa shape index (κ1) is 17.2. The number of hydrogen-bond donors (Lipinski definition) is 1. The maximum absolute atomic E-state index is 11.8. The molecule has 0 atom stereocenters. The van der Waals surface area contributed by atoms with E-state index in [0.717, 1.165) is 11.1 Å². The highest BCUT2D eigenvalue weighted by atomic mass is 35.5. The van der Waals surface area contributed by atoms with Crippen molar-refractivity contribution in [2.24, 2.45) is 0 Å². The van der Waals surface area contributed by atoms with E-state index in [0.29, 0.717) is 22.0 Å². The van der Waals surface area contributed by atoms with Crippen molar-refractivity contribution >= 4 is 40.7 Å². The fourth-order valence-corrected chi connectivity index (χ4v) is 2.34. The van der Waals surface area contributed by atoms with Gasteiger partial charge in [0.2, 0.25) is 5.78 Å². The molecule has 0 fully saturated rings. The lowest BCUT2D eigenvalue weighted by molar-refractivity contribution is -0.148. The van der Waals surface area contributed by atoms with Gasteiger partial charge in [-0.2, -0.15) is 0 Å². The molecule has 0 aliphatic carbocycles. The summed E-state index contributed by atoms with van der Waals surface area (Å²) in [5.41, 5.74) is 2.22. The van der Waals surface area contributed by atoms with Crippen molar-refractivity contribution in [1.29, 1.82) is 0 Å². The van der Waals surface area contributed by atoms with Crippen LogP contribution in [0, 0.1) is 0 Å². The zero-order valence-corrected chi connectivity index (χ0v) is 13.4. The second-order valence-electron chi connectivity index (χ2n) is 4.95. The van der Waals surface area contributed by atoms with Gasteiger partial charge in [0.05, 0.1) is 16.5 Å². The maximum atomic E-state index is 11.8. The molecular formula is C17H12Cl2O4. The number of carbonyl (C=O) groups excluding carboxylic acids is 2. The molecule has 1 N–H and O–H groups in total. The number of rotatable bonds is 6. The molecule has 0 aliphatic heterocycles. The van der Waals surface area contributed by atoms with Gasteiger partial charge >= 0.3 is 5.97 Å². The lowest BCUT2D eigenvalue weighted by atomic mass is 10.0. The minimum atomic E-state index is -1.60. The summed E-state index contributed by atoms with van der Waals surface area (Å²) in [6, 6.07) is 12.0. The highest BCUT2D eigenvalue weighted by Crippen LogP contribution is 2.24. The van der Waals surface area contributed by atoms with Crippen molar-refractivity contribution < 1.29 is 19.5 Å². The van der Waals surface area contributed by atoms with E-state index in [9.17, 15) is 14.4 Å². The molecule has 0 saturated carbocycles. The molecule has 118 valence electrons. The van der Waals surface area contributed by atoms with Crippen LogP contribution < -0.4 is 0 Å². The van der Waals surface area contributed by atoms with E-state index in [1.54, 1.807) is 36.4 Å². The summed E-state index contributed by atoms with van der Waals surface area (Å²) in [4.78, 5) is 33.3. The van der Waals surface area contributed by atoms with Gasteiger partial charge in [-0.25, -0.2) is 4.79 Å². The summed E-state index contributed by atoms with van der Waals surface area (Å²) in [5.74, 6) is -3.23. The monoisotopic (exact) mass is 350 g/mol. The van der Waals surface area contributed by atoms with Crippen LogP contribution in [-0.2, 0) is 16.0 Å². The van der Waals surface area contributed by atoms with Crippen molar-refractivity contribution in [2.45, 2.75) is 12.8 Å². The van der Waals surface area contributed by atoms with Gasteiger partial charge in [-0.05, 0) is 29.7 Å². The summed E-state index contributed by atoms with van der Waals surface area (Å²) >= 11 is 11.8. The molecule has 0 unspecified atom stereocenters. The van der Waals surface area contributed by atoms with Crippen LogP contribution >= 0.6 is 23.2 Å². The Bertz CT molecular complexity index is 767. The SMILES string of the molecule is O=C(O)C(=O)CC(=O)c1ccc(Cc2ccc(Cl)c(Cl)c2)cc1. The highest BCUT2D eigenvalue weighted by Gasteiger charge is 2.17. The number of hydrogen-bond acceptors (Lipinski definition) is 3. The van der Waals surface area contributed by atoms with Crippen molar-refractivity contribution in [3.8, 4) is 0 Å². The van der Waals surface area contributed by atoms with Crippen molar-refractivity contribution in [3.05, 3.63) is 69.2 Å². The molecule has 2 aromatic carbocycles. The van der Waals surface area contributed by atoms with Crippen molar-refractivity contribution in [3.63, 3.8) is 0 Å². The van der Waals surface area contributed by atoms with Gasteiger partial charge < -0.3 is 5.11 Å². The molecule has 0 aromatic heterocycles. The molecule has 4 nitrogen and oxygen atoms in total. The molecule has 2 aromatic rings. The zero-order chi connectivity index (χ0) is 17.0. The molecule has 0 radical (unpaired) electrons. The molecule has 0 amide bonds. The Morgan fingerprint density at radius 3 is 2.04 bits per heavy atom. The van der Waals surface area contributed by atoms with Gasteiger partial charge in [0, 0.05) is 5.56 Å². The van der Waals surface area contributed by atoms with Crippen LogP contribution in [-0.4, -0.2) is 22.6 Å². The Hall–Kier alpha value is -2.17. The minimum Gasteiger partial charge on any atom is -0.475 e. The van der Waals surface area contributed by atoms with E-state index in [4.69, 9.17) is 28.3 Å². The summed E-state index contributed by atoms with van der Waals surface area (Å²) in [5, 5.41) is 9.47. The fourth-order valence-electron chi connectivity index (χ4n) is 2.02. The third-order valence-electron chi connectivity index (χ3n) is 3.23. The molecule has 0 spiro atoms. The number of carbonyl (C=O) groups is 3. The van der Waals surface area contributed by atoms with E-state index >= 15 is 0 Å². The van der Waals surface area contributed by atoms with Crippen LogP contribution in [0.1, 0.15) is 27.9 Å². The summed E-state index contributed by atoms with van der Waals surface area (Å²) in [6.45, 7) is 0. The first-order valence-electron chi connectivity index (χ1n) is 6.69. The summed E-state index contributed by atoms with van der Waals surface area (Å²) in [6.07, 6.45) is -0.0269. The lowest BCUT2D eigenvalue weighted by Gasteiger charge is -2.05.